The highest BCUT2D eigenvalue weighted by Gasteiger charge is 2.12. The summed E-state index contributed by atoms with van der Waals surface area (Å²) in [6.07, 6.45) is 4.46. The number of hydrogen-bond donors (Lipinski definition) is 1. The molecular formula is C20H22ClN3O2. The van der Waals surface area contributed by atoms with Crippen molar-refractivity contribution in [3.63, 3.8) is 0 Å². The van der Waals surface area contributed by atoms with Gasteiger partial charge in [0.1, 0.15) is 0 Å². The maximum Gasteiger partial charge on any atom is 0.307 e. The molecule has 3 aromatic rings. The summed E-state index contributed by atoms with van der Waals surface area (Å²) in [5, 5.41) is 14.0. The summed E-state index contributed by atoms with van der Waals surface area (Å²) in [6.45, 7) is 6.22. The molecule has 0 atom stereocenters. The standard InChI is InChI=1S/C20H22ClN3O2/c1-3-8-23(4-2)16-5-6-17(18(21)12-16)14-7-9-24-19(10-14)15(13-22-24)11-20(25)26/h5-7,9-10,12-13H,3-4,8,11H2,1-2H3,(H,25,26). The molecule has 0 aliphatic rings. The third-order valence-electron chi connectivity index (χ3n) is 4.45. The zero-order valence-electron chi connectivity index (χ0n) is 14.9. The third kappa shape index (κ3) is 3.68. The Morgan fingerprint density at radius 2 is 2.08 bits per heavy atom. The first-order valence-electron chi connectivity index (χ1n) is 8.76. The number of halogens is 1. The molecular weight excluding hydrogens is 350 g/mol. The molecule has 0 radical (unpaired) electrons. The van der Waals surface area contributed by atoms with Crippen LogP contribution in [0.1, 0.15) is 25.8 Å². The second-order valence-electron chi connectivity index (χ2n) is 6.23. The average molecular weight is 372 g/mol. The lowest BCUT2D eigenvalue weighted by molar-refractivity contribution is -0.136. The van der Waals surface area contributed by atoms with Crippen LogP contribution in [0.3, 0.4) is 0 Å². The van der Waals surface area contributed by atoms with Crippen LogP contribution >= 0.6 is 11.6 Å². The van der Waals surface area contributed by atoms with Gasteiger partial charge in [0, 0.05) is 36.1 Å². The number of carbonyl (C=O) groups is 1. The average Bonchev–Trinajstić information content (AvgIpc) is 3.01. The van der Waals surface area contributed by atoms with Crippen molar-refractivity contribution in [2.75, 3.05) is 18.0 Å². The number of rotatable bonds is 7. The lowest BCUT2D eigenvalue weighted by Crippen LogP contribution is -2.23. The number of fused-ring (bicyclic) bond motifs is 1. The monoisotopic (exact) mass is 371 g/mol. The Morgan fingerprint density at radius 3 is 2.73 bits per heavy atom. The van der Waals surface area contributed by atoms with Crippen molar-refractivity contribution in [2.24, 2.45) is 0 Å². The Balaban J connectivity index is 1.99. The number of pyridine rings is 1. The smallest absolute Gasteiger partial charge is 0.307 e. The Hall–Kier alpha value is -2.53. The first-order valence-corrected chi connectivity index (χ1v) is 9.14. The van der Waals surface area contributed by atoms with Crippen LogP contribution in [0, 0.1) is 0 Å². The van der Waals surface area contributed by atoms with Gasteiger partial charge in [0.05, 0.1) is 23.2 Å². The molecule has 1 N–H and O–H groups in total. The number of aliphatic carboxylic acids is 1. The molecule has 26 heavy (non-hydrogen) atoms. The van der Waals surface area contributed by atoms with Crippen LogP contribution in [-0.2, 0) is 11.2 Å². The summed E-state index contributed by atoms with van der Waals surface area (Å²) >= 11 is 6.57. The number of aromatic nitrogens is 2. The van der Waals surface area contributed by atoms with Crippen molar-refractivity contribution in [3.8, 4) is 11.1 Å². The summed E-state index contributed by atoms with van der Waals surface area (Å²) in [5.74, 6) is -0.872. The van der Waals surface area contributed by atoms with E-state index in [1.807, 2.05) is 30.5 Å². The van der Waals surface area contributed by atoms with E-state index < -0.39 is 5.97 Å². The van der Waals surface area contributed by atoms with Crippen molar-refractivity contribution >= 4 is 28.8 Å². The van der Waals surface area contributed by atoms with E-state index in [4.69, 9.17) is 16.7 Å². The van der Waals surface area contributed by atoms with Gasteiger partial charge in [0.2, 0.25) is 0 Å². The van der Waals surface area contributed by atoms with Gasteiger partial charge in [-0.15, -0.1) is 0 Å². The molecule has 2 aromatic heterocycles. The van der Waals surface area contributed by atoms with E-state index in [1.54, 1.807) is 10.7 Å². The largest absolute Gasteiger partial charge is 0.481 e. The predicted molar refractivity (Wildman–Crippen MR) is 105 cm³/mol. The minimum atomic E-state index is -0.872. The Bertz CT molecular complexity index is 936. The van der Waals surface area contributed by atoms with Gasteiger partial charge in [-0.3, -0.25) is 4.79 Å². The van der Waals surface area contributed by atoms with Crippen LogP contribution in [0.15, 0.2) is 42.7 Å². The minimum Gasteiger partial charge on any atom is -0.481 e. The van der Waals surface area contributed by atoms with Gasteiger partial charge in [-0.2, -0.15) is 5.10 Å². The minimum absolute atomic E-state index is 0.0535. The van der Waals surface area contributed by atoms with Crippen LogP contribution in [-0.4, -0.2) is 33.8 Å². The lowest BCUT2D eigenvalue weighted by Gasteiger charge is -2.23. The Labute approximate surface area is 157 Å². The topological polar surface area (TPSA) is 57.8 Å². The fourth-order valence-electron chi connectivity index (χ4n) is 3.17. The number of carboxylic acid groups (broad SMARTS) is 1. The first kappa shape index (κ1) is 18.3. The number of anilines is 1. The number of carboxylic acids is 1. The van der Waals surface area contributed by atoms with Crippen molar-refractivity contribution < 1.29 is 9.90 Å². The molecule has 0 aliphatic carbocycles. The van der Waals surface area contributed by atoms with Crippen molar-refractivity contribution in [1.82, 2.24) is 9.61 Å². The highest BCUT2D eigenvalue weighted by Crippen LogP contribution is 2.32. The van der Waals surface area contributed by atoms with Crippen LogP contribution in [0.2, 0.25) is 5.02 Å². The molecule has 0 fully saturated rings. The highest BCUT2D eigenvalue weighted by molar-refractivity contribution is 6.33. The summed E-state index contributed by atoms with van der Waals surface area (Å²) in [6, 6.07) is 9.98. The quantitative estimate of drug-likeness (QED) is 0.663. The molecule has 0 unspecified atom stereocenters. The molecule has 0 aliphatic heterocycles. The van der Waals surface area contributed by atoms with Crippen LogP contribution in [0.5, 0.6) is 0 Å². The van der Waals surface area contributed by atoms with Crippen LogP contribution < -0.4 is 4.90 Å². The summed E-state index contributed by atoms with van der Waals surface area (Å²) in [7, 11) is 0. The van der Waals surface area contributed by atoms with Crippen molar-refractivity contribution in [3.05, 3.63) is 53.3 Å². The Kier molecular flexibility index (Phi) is 5.47. The van der Waals surface area contributed by atoms with E-state index in [-0.39, 0.29) is 6.42 Å². The molecule has 3 rings (SSSR count). The van der Waals surface area contributed by atoms with Gasteiger partial charge in [0.25, 0.3) is 0 Å². The van der Waals surface area contributed by atoms with Crippen LogP contribution in [0.25, 0.3) is 16.6 Å². The van der Waals surface area contributed by atoms with Gasteiger partial charge < -0.3 is 10.0 Å². The van der Waals surface area contributed by atoms with Gasteiger partial charge in [-0.1, -0.05) is 24.6 Å². The second kappa shape index (κ2) is 7.79. The van der Waals surface area contributed by atoms with E-state index in [2.05, 4.69) is 29.9 Å². The molecule has 0 saturated carbocycles. The molecule has 2 heterocycles. The van der Waals surface area contributed by atoms with Crippen molar-refractivity contribution in [1.29, 1.82) is 0 Å². The summed E-state index contributed by atoms with van der Waals surface area (Å²) in [5.41, 5.74) is 4.45. The van der Waals surface area contributed by atoms with E-state index in [9.17, 15) is 4.79 Å². The number of benzene rings is 1. The molecule has 0 spiro atoms. The maximum atomic E-state index is 11.0. The second-order valence-corrected chi connectivity index (χ2v) is 6.64. The van der Waals surface area contributed by atoms with Gasteiger partial charge in [-0.25, -0.2) is 4.52 Å². The van der Waals surface area contributed by atoms with Gasteiger partial charge in [-0.05, 0) is 43.2 Å². The summed E-state index contributed by atoms with van der Waals surface area (Å²) < 4.78 is 1.68. The lowest BCUT2D eigenvalue weighted by atomic mass is 10.0. The van der Waals surface area contributed by atoms with E-state index in [1.165, 1.54) is 0 Å². The van der Waals surface area contributed by atoms with E-state index in [0.29, 0.717) is 10.6 Å². The van der Waals surface area contributed by atoms with Crippen molar-refractivity contribution in [2.45, 2.75) is 26.7 Å². The maximum absolute atomic E-state index is 11.0. The zero-order chi connectivity index (χ0) is 18.7. The predicted octanol–water partition coefficient (Wildman–Crippen LogP) is 4.52. The number of nitrogens with zero attached hydrogens (tertiary/aromatic N) is 3. The highest BCUT2D eigenvalue weighted by atomic mass is 35.5. The summed E-state index contributed by atoms with van der Waals surface area (Å²) in [4.78, 5) is 13.3. The zero-order valence-corrected chi connectivity index (χ0v) is 15.7. The molecule has 0 amide bonds. The normalized spacial score (nSPS) is 11.0. The van der Waals surface area contributed by atoms with E-state index in [0.717, 1.165) is 41.8 Å². The fraction of sp³-hybridized carbons (Fsp3) is 0.300. The first-order chi connectivity index (χ1) is 12.5. The molecule has 1 aromatic carbocycles. The van der Waals surface area contributed by atoms with Gasteiger partial charge >= 0.3 is 5.97 Å². The Morgan fingerprint density at radius 1 is 1.27 bits per heavy atom. The van der Waals surface area contributed by atoms with Gasteiger partial charge in [0.15, 0.2) is 0 Å². The number of hydrogen-bond acceptors (Lipinski definition) is 3. The fourth-order valence-corrected chi connectivity index (χ4v) is 3.46. The SMILES string of the molecule is CCCN(CC)c1ccc(-c2ccn3ncc(CC(=O)O)c3c2)c(Cl)c1. The molecule has 0 saturated heterocycles. The van der Waals surface area contributed by atoms with E-state index >= 15 is 0 Å². The van der Waals surface area contributed by atoms with Crippen LogP contribution in [0.4, 0.5) is 5.69 Å². The molecule has 0 bridgehead atoms. The molecule has 5 nitrogen and oxygen atoms in total. The third-order valence-corrected chi connectivity index (χ3v) is 4.76. The molecule has 136 valence electrons. The molecule has 6 heteroatoms.